The number of aryl methyl sites for hydroxylation is 2. The molecule has 0 bridgehead atoms. The number of benzene rings is 1. The second kappa shape index (κ2) is 5.89. The first-order chi connectivity index (χ1) is 11.2. The number of likely N-dealkylation sites (tertiary alicyclic amines) is 1. The molecule has 5 heteroatoms. The average molecular weight is 313 g/mol. The van der Waals surface area contributed by atoms with Crippen molar-refractivity contribution in [3.8, 4) is 11.5 Å². The molecule has 1 saturated heterocycles. The van der Waals surface area contributed by atoms with Crippen LogP contribution in [0.1, 0.15) is 29.4 Å². The first kappa shape index (κ1) is 14.6. The van der Waals surface area contributed by atoms with Gasteiger partial charge in [-0.15, -0.1) is 0 Å². The molecule has 1 fully saturated rings. The van der Waals surface area contributed by atoms with E-state index < -0.39 is 0 Å². The van der Waals surface area contributed by atoms with Gasteiger partial charge < -0.3 is 9.47 Å². The second-order valence-corrected chi connectivity index (χ2v) is 6.53. The number of ether oxygens (including phenoxy) is 2. The van der Waals surface area contributed by atoms with Gasteiger partial charge >= 0.3 is 0 Å². The number of hydrogen-bond donors (Lipinski definition) is 0. The van der Waals surface area contributed by atoms with E-state index in [2.05, 4.69) is 46.7 Å². The van der Waals surface area contributed by atoms with E-state index in [1.165, 1.54) is 11.3 Å². The van der Waals surface area contributed by atoms with Crippen LogP contribution in [-0.4, -0.2) is 41.0 Å². The monoisotopic (exact) mass is 313 g/mol. The molecular weight excluding hydrogens is 290 g/mol. The van der Waals surface area contributed by atoms with Crippen molar-refractivity contribution in [1.82, 2.24) is 14.7 Å². The van der Waals surface area contributed by atoms with E-state index in [-0.39, 0.29) is 0 Å². The fraction of sp³-hybridized carbons (Fsp3) is 0.500. The highest BCUT2D eigenvalue weighted by Crippen LogP contribution is 2.32. The van der Waals surface area contributed by atoms with Crippen LogP contribution in [0.4, 0.5) is 0 Å². The molecule has 1 aromatic heterocycles. The van der Waals surface area contributed by atoms with Gasteiger partial charge in [-0.05, 0) is 44.0 Å². The fourth-order valence-corrected chi connectivity index (χ4v) is 3.62. The van der Waals surface area contributed by atoms with Crippen molar-refractivity contribution in [3.05, 3.63) is 41.2 Å². The van der Waals surface area contributed by atoms with Crippen LogP contribution in [0.2, 0.25) is 0 Å². The van der Waals surface area contributed by atoms with Crippen molar-refractivity contribution in [3.63, 3.8) is 0 Å². The lowest BCUT2D eigenvalue weighted by atomic mass is 10.2. The van der Waals surface area contributed by atoms with E-state index in [1.54, 1.807) is 0 Å². The predicted octanol–water partition coefficient (Wildman–Crippen LogP) is 2.72. The summed E-state index contributed by atoms with van der Waals surface area (Å²) in [4.78, 5) is 2.49. The van der Waals surface area contributed by atoms with E-state index in [0.29, 0.717) is 19.3 Å². The standard InChI is InChI=1S/C18H23N3O2/c1-13-9-14(2)21(19-13)16-5-6-20(12-16)11-15-3-4-17-18(10-15)23-8-7-22-17/h3-4,9-10,16H,5-8,11-12H2,1-2H3/t16-/m1/s1. The van der Waals surface area contributed by atoms with E-state index in [1.807, 2.05) is 6.07 Å². The van der Waals surface area contributed by atoms with Crippen LogP contribution in [0.5, 0.6) is 11.5 Å². The Kier molecular flexibility index (Phi) is 3.73. The maximum atomic E-state index is 5.68. The van der Waals surface area contributed by atoms with Crippen molar-refractivity contribution in [2.75, 3.05) is 26.3 Å². The maximum absolute atomic E-state index is 5.68. The molecule has 4 rings (SSSR count). The lowest BCUT2D eigenvalue weighted by Gasteiger charge is -2.21. The zero-order chi connectivity index (χ0) is 15.8. The van der Waals surface area contributed by atoms with E-state index in [4.69, 9.17) is 9.47 Å². The van der Waals surface area contributed by atoms with Gasteiger partial charge in [-0.1, -0.05) is 6.07 Å². The lowest BCUT2D eigenvalue weighted by Crippen LogP contribution is -2.22. The second-order valence-electron chi connectivity index (χ2n) is 6.53. The minimum Gasteiger partial charge on any atom is -0.486 e. The van der Waals surface area contributed by atoms with Gasteiger partial charge in [0.1, 0.15) is 13.2 Å². The van der Waals surface area contributed by atoms with Crippen molar-refractivity contribution in [2.45, 2.75) is 32.9 Å². The van der Waals surface area contributed by atoms with Crippen LogP contribution >= 0.6 is 0 Å². The largest absolute Gasteiger partial charge is 0.486 e. The summed E-state index contributed by atoms with van der Waals surface area (Å²) < 4.78 is 13.5. The van der Waals surface area contributed by atoms with E-state index in [0.717, 1.165) is 43.2 Å². The lowest BCUT2D eigenvalue weighted by molar-refractivity contribution is 0.171. The summed E-state index contributed by atoms with van der Waals surface area (Å²) in [5.74, 6) is 1.74. The summed E-state index contributed by atoms with van der Waals surface area (Å²) >= 11 is 0. The molecule has 0 N–H and O–H groups in total. The summed E-state index contributed by atoms with van der Waals surface area (Å²) in [7, 11) is 0. The molecule has 0 amide bonds. The third-order valence-electron chi connectivity index (χ3n) is 4.65. The van der Waals surface area contributed by atoms with Gasteiger partial charge in [-0.3, -0.25) is 9.58 Å². The molecular formula is C18H23N3O2. The highest BCUT2D eigenvalue weighted by molar-refractivity contribution is 5.43. The normalized spacial score (nSPS) is 20.9. The zero-order valence-electron chi connectivity index (χ0n) is 13.8. The first-order valence-corrected chi connectivity index (χ1v) is 8.33. The molecule has 2 aliphatic heterocycles. The Bertz CT molecular complexity index is 710. The molecule has 2 aromatic rings. The molecule has 23 heavy (non-hydrogen) atoms. The minimum absolute atomic E-state index is 0.487. The Labute approximate surface area is 136 Å². The van der Waals surface area contributed by atoms with Crippen molar-refractivity contribution in [2.24, 2.45) is 0 Å². The molecule has 0 saturated carbocycles. The van der Waals surface area contributed by atoms with E-state index >= 15 is 0 Å². The Hall–Kier alpha value is -2.01. The SMILES string of the molecule is Cc1cc(C)n([C@@H]2CCN(Cc3ccc4c(c3)OCCO4)C2)n1. The van der Waals surface area contributed by atoms with Crippen LogP contribution in [0, 0.1) is 13.8 Å². The molecule has 1 atom stereocenters. The Balaban J connectivity index is 1.43. The summed E-state index contributed by atoms with van der Waals surface area (Å²) in [5.41, 5.74) is 3.64. The Morgan fingerprint density at radius 1 is 1.13 bits per heavy atom. The number of rotatable bonds is 3. The van der Waals surface area contributed by atoms with Crippen LogP contribution in [0.3, 0.4) is 0 Å². The van der Waals surface area contributed by atoms with Crippen LogP contribution in [0.25, 0.3) is 0 Å². The Morgan fingerprint density at radius 3 is 2.74 bits per heavy atom. The van der Waals surface area contributed by atoms with Gasteiger partial charge in [-0.2, -0.15) is 5.10 Å². The summed E-state index contributed by atoms with van der Waals surface area (Å²) in [6.45, 7) is 8.60. The van der Waals surface area contributed by atoms with Gasteiger partial charge in [0.15, 0.2) is 11.5 Å². The van der Waals surface area contributed by atoms with E-state index in [9.17, 15) is 0 Å². The highest BCUT2D eigenvalue weighted by atomic mass is 16.6. The topological polar surface area (TPSA) is 39.5 Å². The van der Waals surface area contributed by atoms with Gasteiger partial charge in [0.2, 0.25) is 0 Å². The van der Waals surface area contributed by atoms with Crippen molar-refractivity contribution in [1.29, 1.82) is 0 Å². The molecule has 3 heterocycles. The average Bonchev–Trinajstić information content (AvgIpc) is 3.13. The molecule has 0 radical (unpaired) electrons. The van der Waals surface area contributed by atoms with Gasteiger partial charge in [0, 0.05) is 25.3 Å². The maximum Gasteiger partial charge on any atom is 0.161 e. The summed E-state index contributed by atoms with van der Waals surface area (Å²) in [6, 6.07) is 8.93. The third-order valence-corrected chi connectivity index (χ3v) is 4.65. The number of nitrogens with zero attached hydrogens (tertiary/aromatic N) is 3. The molecule has 0 spiro atoms. The van der Waals surface area contributed by atoms with Gasteiger partial charge in [0.25, 0.3) is 0 Å². The number of hydrogen-bond acceptors (Lipinski definition) is 4. The molecule has 122 valence electrons. The first-order valence-electron chi connectivity index (χ1n) is 8.33. The molecule has 1 aromatic carbocycles. The molecule has 2 aliphatic rings. The smallest absolute Gasteiger partial charge is 0.161 e. The van der Waals surface area contributed by atoms with Gasteiger partial charge in [0.05, 0.1) is 11.7 Å². The number of aromatic nitrogens is 2. The van der Waals surface area contributed by atoms with Gasteiger partial charge in [-0.25, -0.2) is 0 Å². The number of fused-ring (bicyclic) bond motifs is 1. The quantitative estimate of drug-likeness (QED) is 0.873. The summed E-state index contributed by atoms with van der Waals surface area (Å²) in [6.07, 6.45) is 1.16. The molecule has 5 nitrogen and oxygen atoms in total. The predicted molar refractivity (Wildman–Crippen MR) is 88.1 cm³/mol. The van der Waals surface area contributed by atoms with Crippen LogP contribution in [-0.2, 0) is 6.54 Å². The summed E-state index contributed by atoms with van der Waals surface area (Å²) in [5, 5.41) is 4.64. The zero-order valence-corrected chi connectivity index (χ0v) is 13.8. The fourth-order valence-electron chi connectivity index (χ4n) is 3.62. The minimum atomic E-state index is 0.487. The Morgan fingerprint density at radius 2 is 1.96 bits per heavy atom. The van der Waals surface area contributed by atoms with Crippen molar-refractivity contribution < 1.29 is 9.47 Å². The highest BCUT2D eigenvalue weighted by Gasteiger charge is 2.25. The van der Waals surface area contributed by atoms with Crippen molar-refractivity contribution >= 4 is 0 Å². The third kappa shape index (κ3) is 2.93. The van der Waals surface area contributed by atoms with Crippen LogP contribution < -0.4 is 9.47 Å². The molecule has 0 aliphatic carbocycles. The van der Waals surface area contributed by atoms with Crippen LogP contribution in [0.15, 0.2) is 24.3 Å². The molecule has 0 unspecified atom stereocenters.